The Labute approximate surface area is 97.5 Å². The Morgan fingerprint density at radius 3 is 2.60 bits per heavy atom. The smallest absolute Gasteiger partial charge is 0.0699 e. The summed E-state index contributed by atoms with van der Waals surface area (Å²) in [6, 6.07) is 0. The highest BCUT2D eigenvalue weighted by atomic mass is 35.5. The van der Waals surface area contributed by atoms with Gasteiger partial charge in [-0.15, -0.1) is 11.6 Å². The second-order valence-corrected chi connectivity index (χ2v) is 6.43. The number of hydrogen-bond donors (Lipinski definition) is 0. The van der Waals surface area contributed by atoms with Crippen molar-refractivity contribution in [3.05, 3.63) is 0 Å². The number of rotatable bonds is 1. The second-order valence-electron chi connectivity index (χ2n) is 5.82. The molecule has 0 radical (unpaired) electrons. The first kappa shape index (κ1) is 10.4. The zero-order chi connectivity index (χ0) is 10.3. The van der Waals surface area contributed by atoms with E-state index in [0.717, 1.165) is 31.3 Å². The van der Waals surface area contributed by atoms with Gasteiger partial charge in [-0.05, 0) is 56.8 Å². The summed E-state index contributed by atoms with van der Waals surface area (Å²) in [6.07, 6.45) is 10.5. The average Bonchev–Trinajstić information content (AvgIpc) is 3.00. The molecule has 15 heavy (non-hydrogen) atoms. The third-order valence-electron chi connectivity index (χ3n) is 4.56. The Hall–Kier alpha value is 0.250. The lowest BCUT2D eigenvalue weighted by Gasteiger charge is -2.45. The SMILES string of the molecule is ClC1CCOC2(CCCC(C3CC3)C2)C1. The molecule has 0 N–H and O–H groups in total. The van der Waals surface area contributed by atoms with Crippen molar-refractivity contribution < 1.29 is 4.74 Å². The van der Waals surface area contributed by atoms with Gasteiger partial charge in [-0.25, -0.2) is 0 Å². The maximum Gasteiger partial charge on any atom is 0.0699 e. The van der Waals surface area contributed by atoms with Crippen LogP contribution in [-0.2, 0) is 4.74 Å². The van der Waals surface area contributed by atoms with Crippen LogP contribution in [0.1, 0.15) is 51.4 Å². The molecule has 86 valence electrons. The first-order valence-electron chi connectivity index (χ1n) is 6.55. The third kappa shape index (κ3) is 2.19. The van der Waals surface area contributed by atoms with Gasteiger partial charge in [0.1, 0.15) is 0 Å². The van der Waals surface area contributed by atoms with Crippen molar-refractivity contribution in [2.24, 2.45) is 11.8 Å². The summed E-state index contributed by atoms with van der Waals surface area (Å²) >= 11 is 6.30. The third-order valence-corrected chi connectivity index (χ3v) is 4.94. The molecule has 0 aromatic heterocycles. The largest absolute Gasteiger partial charge is 0.375 e. The van der Waals surface area contributed by atoms with Crippen molar-refractivity contribution in [2.45, 2.75) is 62.3 Å². The van der Waals surface area contributed by atoms with Crippen molar-refractivity contribution in [3.63, 3.8) is 0 Å². The lowest BCUT2D eigenvalue weighted by molar-refractivity contribution is -0.111. The molecule has 2 heteroatoms. The maximum absolute atomic E-state index is 6.30. The highest BCUT2D eigenvalue weighted by molar-refractivity contribution is 6.20. The fourth-order valence-corrected chi connectivity index (χ4v) is 3.99. The summed E-state index contributed by atoms with van der Waals surface area (Å²) in [5.74, 6) is 2.00. The first-order chi connectivity index (χ1) is 7.27. The molecule has 1 spiro atoms. The molecule has 3 fully saturated rings. The summed E-state index contributed by atoms with van der Waals surface area (Å²) in [5, 5.41) is 0.372. The van der Waals surface area contributed by atoms with E-state index in [0.29, 0.717) is 5.38 Å². The fraction of sp³-hybridized carbons (Fsp3) is 1.00. The van der Waals surface area contributed by atoms with E-state index in [1.54, 1.807) is 0 Å². The van der Waals surface area contributed by atoms with Crippen LogP contribution in [0.2, 0.25) is 0 Å². The molecule has 0 aromatic rings. The number of alkyl halides is 1. The fourth-order valence-electron chi connectivity index (χ4n) is 3.62. The van der Waals surface area contributed by atoms with Crippen molar-refractivity contribution in [1.29, 1.82) is 0 Å². The van der Waals surface area contributed by atoms with Gasteiger partial charge in [-0.1, -0.05) is 6.42 Å². The van der Waals surface area contributed by atoms with Gasteiger partial charge in [0.25, 0.3) is 0 Å². The molecule has 0 amide bonds. The van der Waals surface area contributed by atoms with Crippen LogP contribution >= 0.6 is 11.6 Å². The molecule has 3 unspecified atom stereocenters. The van der Waals surface area contributed by atoms with Crippen molar-refractivity contribution in [2.75, 3.05) is 6.61 Å². The quantitative estimate of drug-likeness (QED) is 0.622. The van der Waals surface area contributed by atoms with E-state index in [1.165, 1.54) is 38.5 Å². The van der Waals surface area contributed by atoms with E-state index in [2.05, 4.69) is 0 Å². The van der Waals surface area contributed by atoms with Gasteiger partial charge < -0.3 is 4.74 Å². The summed E-state index contributed by atoms with van der Waals surface area (Å²) < 4.78 is 6.10. The van der Waals surface area contributed by atoms with E-state index in [4.69, 9.17) is 16.3 Å². The molecule has 2 saturated carbocycles. The van der Waals surface area contributed by atoms with Crippen molar-refractivity contribution in [1.82, 2.24) is 0 Å². The number of halogens is 1. The van der Waals surface area contributed by atoms with Gasteiger partial charge >= 0.3 is 0 Å². The van der Waals surface area contributed by atoms with Gasteiger partial charge in [-0.3, -0.25) is 0 Å². The van der Waals surface area contributed by atoms with Crippen molar-refractivity contribution in [3.8, 4) is 0 Å². The first-order valence-corrected chi connectivity index (χ1v) is 6.99. The normalized spacial score (nSPS) is 47.0. The topological polar surface area (TPSA) is 9.23 Å². The van der Waals surface area contributed by atoms with Gasteiger partial charge in [0.15, 0.2) is 0 Å². The summed E-state index contributed by atoms with van der Waals surface area (Å²) in [4.78, 5) is 0. The zero-order valence-corrected chi connectivity index (χ0v) is 10.1. The average molecular weight is 229 g/mol. The van der Waals surface area contributed by atoms with Crippen molar-refractivity contribution >= 4 is 11.6 Å². The van der Waals surface area contributed by atoms with Gasteiger partial charge in [-0.2, -0.15) is 0 Å². The molecule has 0 aromatic carbocycles. The molecular formula is C13H21ClO. The molecule has 1 saturated heterocycles. The second kappa shape index (κ2) is 3.92. The molecule has 1 nitrogen and oxygen atoms in total. The Balaban J connectivity index is 1.67. The molecule has 3 atom stereocenters. The maximum atomic E-state index is 6.30. The Kier molecular flexibility index (Phi) is 2.72. The lowest BCUT2D eigenvalue weighted by atomic mass is 9.73. The van der Waals surface area contributed by atoms with Crippen LogP contribution in [-0.4, -0.2) is 17.6 Å². The minimum absolute atomic E-state index is 0.191. The van der Waals surface area contributed by atoms with Gasteiger partial charge in [0, 0.05) is 12.0 Å². The lowest BCUT2D eigenvalue weighted by Crippen LogP contribution is -2.44. The molecule has 2 aliphatic carbocycles. The minimum atomic E-state index is 0.191. The Morgan fingerprint density at radius 1 is 1.00 bits per heavy atom. The van der Waals surface area contributed by atoms with E-state index in [-0.39, 0.29) is 5.60 Å². The van der Waals surface area contributed by atoms with E-state index in [1.807, 2.05) is 0 Å². The minimum Gasteiger partial charge on any atom is -0.375 e. The predicted molar refractivity (Wildman–Crippen MR) is 62.2 cm³/mol. The highest BCUT2D eigenvalue weighted by Gasteiger charge is 2.44. The van der Waals surface area contributed by atoms with Crippen LogP contribution < -0.4 is 0 Å². The number of ether oxygens (including phenoxy) is 1. The molecular weight excluding hydrogens is 208 g/mol. The molecule has 0 bridgehead atoms. The number of hydrogen-bond acceptors (Lipinski definition) is 1. The van der Waals surface area contributed by atoms with Crippen LogP contribution in [0.5, 0.6) is 0 Å². The highest BCUT2D eigenvalue weighted by Crippen LogP contribution is 2.50. The van der Waals surface area contributed by atoms with E-state index in [9.17, 15) is 0 Å². The predicted octanol–water partition coefficient (Wildman–Crippen LogP) is 3.74. The summed E-state index contributed by atoms with van der Waals surface area (Å²) in [5.41, 5.74) is 0.191. The summed E-state index contributed by atoms with van der Waals surface area (Å²) in [6.45, 7) is 0.894. The van der Waals surface area contributed by atoms with Crippen LogP contribution in [0, 0.1) is 11.8 Å². The molecule has 3 aliphatic rings. The van der Waals surface area contributed by atoms with Crippen LogP contribution in [0.15, 0.2) is 0 Å². The van der Waals surface area contributed by atoms with E-state index < -0.39 is 0 Å². The van der Waals surface area contributed by atoms with Crippen LogP contribution in [0.4, 0.5) is 0 Å². The monoisotopic (exact) mass is 228 g/mol. The Bertz CT molecular complexity index is 235. The molecule has 1 heterocycles. The standard InChI is InChI=1S/C13H21ClO/c14-12-5-7-15-13(9-12)6-1-2-11(8-13)10-3-4-10/h10-12H,1-9H2. The van der Waals surface area contributed by atoms with Gasteiger partial charge in [0.05, 0.1) is 5.60 Å². The summed E-state index contributed by atoms with van der Waals surface area (Å²) in [7, 11) is 0. The van der Waals surface area contributed by atoms with Crippen LogP contribution in [0.3, 0.4) is 0 Å². The van der Waals surface area contributed by atoms with Gasteiger partial charge in [0.2, 0.25) is 0 Å². The zero-order valence-electron chi connectivity index (χ0n) is 9.38. The van der Waals surface area contributed by atoms with E-state index >= 15 is 0 Å². The molecule has 1 aliphatic heterocycles. The van der Waals surface area contributed by atoms with Crippen LogP contribution in [0.25, 0.3) is 0 Å². The molecule has 3 rings (SSSR count). The Morgan fingerprint density at radius 2 is 1.87 bits per heavy atom.